The molecule has 0 amide bonds. The number of nitrogens with one attached hydrogen (secondary N) is 3. The number of hydrogen-bond acceptors (Lipinski definition) is 5. The lowest BCUT2D eigenvalue weighted by atomic mass is 10.0. The number of aromatic nitrogens is 2. The molecule has 1 aromatic heterocycles. The number of nitrogens with zero attached hydrogens (tertiary/aromatic N) is 1. The van der Waals surface area contributed by atoms with Crippen molar-refractivity contribution in [1.29, 1.82) is 0 Å². The third-order valence-corrected chi connectivity index (χ3v) is 4.38. The monoisotopic (exact) mass is 286 g/mol. The molecule has 8 heteroatoms. The van der Waals surface area contributed by atoms with Crippen molar-refractivity contribution in [1.82, 2.24) is 15.5 Å². The summed E-state index contributed by atoms with van der Waals surface area (Å²) in [4.78, 5) is 10.8. The first-order chi connectivity index (χ1) is 9.05. The molecule has 106 valence electrons. The predicted molar refractivity (Wildman–Crippen MR) is 72.5 cm³/mol. The number of H-pyrrole nitrogens is 1. The molecular weight excluding hydrogens is 268 g/mol. The van der Waals surface area contributed by atoms with Gasteiger partial charge >= 0.3 is 0 Å². The van der Waals surface area contributed by atoms with Gasteiger partial charge in [0.25, 0.3) is 5.56 Å². The van der Waals surface area contributed by atoms with E-state index in [9.17, 15) is 13.2 Å². The van der Waals surface area contributed by atoms with E-state index in [0.29, 0.717) is 6.42 Å². The molecule has 1 unspecified atom stereocenters. The second kappa shape index (κ2) is 6.16. The van der Waals surface area contributed by atoms with Gasteiger partial charge in [-0.25, -0.2) is 13.5 Å². The fourth-order valence-electron chi connectivity index (χ4n) is 2.08. The predicted octanol–water partition coefficient (Wildman–Crippen LogP) is 0.0438. The van der Waals surface area contributed by atoms with Gasteiger partial charge in [0.15, 0.2) is 5.82 Å². The van der Waals surface area contributed by atoms with E-state index in [1.54, 1.807) is 0 Å². The van der Waals surface area contributed by atoms with Gasteiger partial charge in [-0.1, -0.05) is 6.42 Å². The van der Waals surface area contributed by atoms with Crippen LogP contribution in [-0.4, -0.2) is 37.0 Å². The fourth-order valence-corrected chi connectivity index (χ4v) is 3.21. The Morgan fingerprint density at radius 1 is 1.37 bits per heavy atom. The highest BCUT2D eigenvalue weighted by Crippen LogP contribution is 2.12. The Labute approximate surface area is 111 Å². The minimum atomic E-state index is -3.42. The second-order valence-electron chi connectivity index (χ2n) is 4.66. The molecule has 1 saturated heterocycles. The van der Waals surface area contributed by atoms with E-state index in [1.807, 2.05) is 0 Å². The first-order valence-electron chi connectivity index (χ1n) is 6.35. The highest BCUT2D eigenvalue weighted by Gasteiger charge is 2.17. The van der Waals surface area contributed by atoms with E-state index >= 15 is 0 Å². The van der Waals surface area contributed by atoms with Gasteiger partial charge in [0, 0.05) is 12.1 Å². The summed E-state index contributed by atoms with van der Waals surface area (Å²) < 4.78 is 26.1. The molecule has 1 aliphatic rings. The third-order valence-electron chi connectivity index (χ3n) is 3.09. The van der Waals surface area contributed by atoms with Crippen molar-refractivity contribution >= 4 is 15.8 Å². The van der Waals surface area contributed by atoms with E-state index in [0.717, 1.165) is 25.8 Å². The zero-order valence-electron chi connectivity index (χ0n) is 10.6. The zero-order valence-corrected chi connectivity index (χ0v) is 11.4. The van der Waals surface area contributed by atoms with E-state index < -0.39 is 10.0 Å². The van der Waals surface area contributed by atoms with Crippen LogP contribution in [0.25, 0.3) is 0 Å². The smallest absolute Gasteiger partial charge is 0.264 e. The van der Waals surface area contributed by atoms with Gasteiger partial charge in [-0.15, -0.1) is 0 Å². The van der Waals surface area contributed by atoms with Gasteiger partial charge in [0.1, 0.15) is 0 Å². The van der Waals surface area contributed by atoms with Crippen LogP contribution in [0.5, 0.6) is 0 Å². The molecule has 19 heavy (non-hydrogen) atoms. The number of rotatable bonds is 5. The van der Waals surface area contributed by atoms with Gasteiger partial charge in [-0.3, -0.25) is 9.52 Å². The summed E-state index contributed by atoms with van der Waals surface area (Å²) in [6.45, 7) is 0.958. The average Bonchev–Trinajstić information content (AvgIpc) is 2.40. The Morgan fingerprint density at radius 2 is 2.21 bits per heavy atom. The van der Waals surface area contributed by atoms with Crippen LogP contribution in [0.3, 0.4) is 0 Å². The maximum atomic E-state index is 11.9. The van der Waals surface area contributed by atoms with Crippen LogP contribution >= 0.6 is 0 Å². The Hall–Kier alpha value is -1.41. The molecule has 1 fully saturated rings. The molecule has 0 aromatic carbocycles. The van der Waals surface area contributed by atoms with Crippen molar-refractivity contribution in [3.05, 3.63) is 22.5 Å². The van der Waals surface area contributed by atoms with Crippen LogP contribution in [0, 0.1) is 0 Å². The minimum absolute atomic E-state index is 0.0471. The zero-order chi connectivity index (χ0) is 13.7. The Balaban J connectivity index is 1.87. The van der Waals surface area contributed by atoms with Gasteiger partial charge in [0.2, 0.25) is 10.0 Å². The number of aromatic amines is 1. The van der Waals surface area contributed by atoms with Crippen molar-refractivity contribution in [3.63, 3.8) is 0 Å². The summed E-state index contributed by atoms with van der Waals surface area (Å²) in [5.41, 5.74) is -0.366. The highest BCUT2D eigenvalue weighted by atomic mass is 32.2. The molecule has 0 aliphatic carbocycles. The lowest BCUT2D eigenvalue weighted by molar-refractivity contribution is 0.393. The molecule has 1 atom stereocenters. The van der Waals surface area contributed by atoms with Gasteiger partial charge in [0.05, 0.1) is 5.75 Å². The Bertz CT molecular complexity index is 543. The van der Waals surface area contributed by atoms with Gasteiger partial charge < -0.3 is 5.32 Å². The fraction of sp³-hybridized carbons (Fsp3) is 0.636. The van der Waals surface area contributed by atoms with E-state index in [1.165, 1.54) is 12.1 Å². The third kappa shape index (κ3) is 4.64. The molecule has 1 aromatic rings. The topological polar surface area (TPSA) is 104 Å². The van der Waals surface area contributed by atoms with Crippen molar-refractivity contribution in [2.75, 3.05) is 17.0 Å². The summed E-state index contributed by atoms with van der Waals surface area (Å²) in [6.07, 6.45) is 3.90. The summed E-state index contributed by atoms with van der Waals surface area (Å²) in [5, 5.41) is 9.11. The van der Waals surface area contributed by atoms with Crippen molar-refractivity contribution in [2.24, 2.45) is 0 Å². The largest absolute Gasteiger partial charge is 0.314 e. The van der Waals surface area contributed by atoms with Crippen LogP contribution in [0.2, 0.25) is 0 Å². The first-order valence-corrected chi connectivity index (χ1v) is 8.00. The molecule has 2 rings (SSSR count). The molecule has 0 spiro atoms. The molecule has 2 heterocycles. The van der Waals surface area contributed by atoms with Crippen molar-refractivity contribution in [3.8, 4) is 0 Å². The van der Waals surface area contributed by atoms with Crippen molar-refractivity contribution < 1.29 is 8.42 Å². The number of sulfonamides is 1. The number of anilines is 1. The SMILES string of the molecule is O=c1ccc(NS(=O)(=O)CCC2CCCCN2)n[nH]1. The maximum Gasteiger partial charge on any atom is 0.264 e. The molecule has 1 aliphatic heterocycles. The van der Waals surface area contributed by atoms with Crippen molar-refractivity contribution in [2.45, 2.75) is 31.7 Å². The maximum absolute atomic E-state index is 11.9. The van der Waals surface area contributed by atoms with Crippen LogP contribution in [-0.2, 0) is 10.0 Å². The summed E-state index contributed by atoms with van der Waals surface area (Å²) in [5.74, 6) is 0.182. The van der Waals surface area contributed by atoms with Gasteiger partial charge in [-0.2, -0.15) is 5.10 Å². The molecule has 0 bridgehead atoms. The van der Waals surface area contributed by atoms with Crippen LogP contribution in [0.15, 0.2) is 16.9 Å². The minimum Gasteiger partial charge on any atom is -0.314 e. The first kappa shape index (κ1) is 14.0. The normalized spacial score (nSPS) is 20.1. The van der Waals surface area contributed by atoms with E-state index in [4.69, 9.17) is 0 Å². The lowest BCUT2D eigenvalue weighted by Gasteiger charge is -2.23. The summed E-state index contributed by atoms with van der Waals surface area (Å²) in [7, 11) is -3.42. The highest BCUT2D eigenvalue weighted by molar-refractivity contribution is 7.92. The van der Waals surface area contributed by atoms with E-state index in [2.05, 4.69) is 20.2 Å². The molecule has 3 N–H and O–H groups in total. The van der Waals surface area contributed by atoms with Gasteiger partial charge in [-0.05, 0) is 31.9 Å². The number of piperidine rings is 1. The van der Waals surface area contributed by atoms with Crippen LogP contribution in [0.4, 0.5) is 5.82 Å². The molecular formula is C11H18N4O3S. The van der Waals surface area contributed by atoms with Crippen LogP contribution < -0.4 is 15.6 Å². The van der Waals surface area contributed by atoms with E-state index in [-0.39, 0.29) is 23.2 Å². The Kier molecular flexibility index (Phi) is 4.54. The standard InChI is InChI=1S/C11H18N4O3S/c16-11-5-4-10(13-14-11)15-19(17,18)8-6-9-3-1-2-7-12-9/h4-5,9,12H,1-3,6-8H2,(H,13,15)(H,14,16). The summed E-state index contributed by atoms with van der Waals surface area (Å²) >= 11 is 0. The average molecular weight is 286 g/mol. The number of hydrogen-bond donors (Lipinski definition) is 3. The van der Waals surface area contributed by atoms with Crippen LogP contribution in [0.1, 0.15) is 25.7 Å². The Morgan fingerprint density at radius 3 is 2.84 bits per heavy atom. The lowest BCUT2D eigenvalue weighted by Crippen LogP contribution is -2.36. The molecule has 0 saturated carbocycles. The quantitative estimate of drug-likeness (QED) is 0.709. The molecule has 0 radical (unpaired) electrons. The summed E-state index contributed by atoms with van der Waals surface area (Å²) in [6, 6.07) is 2.84. The second-order valence-corrected chi connectivity index (χ2v) is 6.50. The molecule has 7 nitrogen and oxygen atoms in total.